The molecule has 0 aromatic heterocycles. The van der Waals surface area contributed by atoms with Gasteiger partial charge in [-0.1, -0.05) is 36.4 Å². The number of carbonyl (C=O) groups is 1. The predicted octanol–water partition coefficient (Wildman–Crippen LogP) is 2.27. The molecule has 114 valence electrons. The van der Waals surface area contributed by atoms with Gasteiger partial charge in [0, 0.05) is 0 Å². The maximum atomic E-state index is 12.1. The molecule has 1 amide bonds. The molecule has 1 atom stereocenters. The number of phenols is 2. The van der Waals surface area contributed by atoms with Crippen LogP contribution in [0.3, 0.4) is 0 Å². The highest BCUT2D eigenvalue weighted by atomic mass is 16.3. The Morgan fingerprint density at radius 1 is 1.14 bits per heavy atom. The van der Waals surface area contributed by atoms with Crippen molar-refractivity contribution in [2.45, 2.75) is 13.0 Å². The Balaban J connectivity index is 2.08. The molecule has 0 saturated heterocycles. The number of carbonyl (C=O) groups excluding carboxylic acids is 1. The first-order chi connectivity index (χ1) is 10.5. The van der Waals surface area contributed by atoms with E-state index in [0.717, 1.165) is 5.56 Å². The number of nitrogens with two attached hydrogens (primary N) is 1. The smallest absolute Gasteiger partial charge is 0.267 e. The van der Waals surface area contributed by atoms with Gasteiger partial charge in [-0.25, -0.2) is 0 Å². The average molecular weight is 298 g/mol. The zero-order chi connectivity index (χ0) is 16.1. The van der Waals surface area contributed by atoms with E-state index in [1.165, 1.54) is 18.2 Å². The van der Waals surface area contributed by atoms with E-state index in [4.69, 9.17) is 5.73 Å². The van der Waals surface area contributed by atoms with E-state index in [1.807, 2.05) is 37.3 Å². The van der Waals surface area contributed by atoms with Crippen LogP contribution >= 0.6 is 0 Å². The van der Waals surface area contributed by atoms with Gasteiger partial charge in [-0.3, -0.25) is 4.79 Å². The van der Waals surface area contributed by atoms with E-state index < -0.39 is 5.91 Å². The highest BCUT2D eigenvalue weighted by molar-refractivity contribution is 5.97. The second-order valence-corrected chi connectivity index (χ2v) is 4.95. The Kier molecular flexibility index (Phi) is 4.68. The van der Waals surface area contributed by atoms with E-state index >= 15 is 0 Å². The summed E-state index contributed by atoms with van der Waals surface area (Å²) < 4.78 is 0. The van der Waals surface area contributed by atoms with E-state index in [1.54, 1.807) is 6.07 Å². The Morgan fingerprint density at radius 2 is 1.82 bits per heavy atom. The van der Waals surface area contributed by atoms with Crippen molar-refractivity contribution in [2.75, 3.05) is 0 Å². The number of phenolic OH excluding ortho intramolecular Hbond substituents is 2. The standard InChI is InChI=1S/C17H18N2O3/c1-11(13-5-3-2-4-6-13)19-17(22)14(18)9-12-7-8-15(20)16(21)10-12/h2-11,20-21H,18H2,1H3,(H,19,22)/b14-9-/t11-/m0/s1. The molecule has 0 heterocycles. The Morgan fingerprint density at radius 3 is 2.45 bits per heavy atom. The van der Waals surface area contributed by atoms with Crippen LogP contribution in [0.4, 0.5) is 0 Å². The number of hydrogen-bond acceptors (Lipinski definition) is 4. The van der Waals surface area contributed by atoms with Crippen molar-refractivity contribution in [3.05, 3.63) is 65.4 Å². The highest BCUT2D eigenvalue weighted by Gasteiger charge is 2.11. The third-order valence-corrected chi connectivity index (χ3v) is 3.23. The van der Waals surface area contributed by atoms with Crippen LogP contribution in [0.1, 0.15) is 24.1 Å². The predicted molar refractivity (Wildman–Crippen MR) is 84.9 cm³/mol. The largest absolute Gasteiger partial charge is 0.504 e. The molecule has 0 radical (unpaired) electrons. The molecule has 22 heavy (non-hydrogen) atoms. The summed E-state index contributed by atoms with van der Waals surface area (Å²) in [5, 5.41) is 21.5. The van der Waals surface area contributed by atoms with Crippen LogP contribution in [0.25, 0.3) is 6.08 Å². The molecule has 5 N–H and O–H groups in total. The summed E-state index contributed by atoms with van der Waals surface area (Å²) in [6.07, 6.45) is 1.44. The van der Waals surface area contributed by atoms with Crippen molar-refractivity contribution in [1.82, 2.24) is 5.32 Å². The van der Waals surface area contributed by atoms with Gasteiger partial charge in [-0.15, -0.1) is 0 Å². The topological polar surface area (TPSA) is 95.6 Å². The summed E-state index contributed by atoms with van der Waals surface area (Å²) in [6.45, 7) is 1.87. The van der Waals surface area contributed by atoms with Crippen LogP contribution in [-0.2, 0) is 4.79 Å². The van der Waals surface area contributed by atoms with Crippen molar-refractivity contribution in [2.24, 2.45) is 5.73 Å². The Labute approximate surface area is 128 Å². The minimum atomic E-state index is -0.399. The summed E-state index contributed by atoms with van der Waals surface area (Å²) in [4.78, 5) is 12.1. The van der Waals surface area contributed by atoms with E-state index in [0.29, 0.717) is 5.56 Å². The third-order valence-electron chi connectivity index (χ3n) is 3.23. The van der Waals surface area contributed by atoms with Crippen LogP contribution < -0.4 is 11.1 Å². The molecule has 0 aliphatic carbocycles. The molecule has 5 heteroatoms. The van der Waals surface area contributed by atoms with Crippen LogP contribution in [0.2, 0.25) is 0 Å². The van der Waals surface area contributed by atoms with Gasteiger partial charge < -0.3 is 21.3 Å². The SMILES string of the molecule is C[C@H](NC(=O)/C(N)=C/c1ccc(O)c(O)c1)c1ccccc1. The molecule has 0 aliphatic heterocycles. The van der Waals surface area contributed by atoms with Gasteiger partial charge in [0.15, 0.2) is 11.5 Å². The first-order valence-corrected chi connectivity index (χ1v) is 6.82. The lowest BCUT2D eigenvalue weighted by molar-refractivity contribution is -0.118. The molecule has 2 aromatic rings. The number of benzene rings is 2. The summed E-state index contributed by atoms with van der Waals surface area (Å²) in [7, 11) is 0. The van der Waals surface area contributed by atoms with Crippen molar-refractivity contribution >= 4 is 12.0 Å². The van der Waals surface area contributed by atoms with Gasteiger partial charge in [0.05, 0.1) is 11.7 Å². The second kappa shape index (κ2) is 6.67. The van der Waals surface area contributed by atoms with E-state index in [-0.39, 0.29) is 23.2 Å². The van der Waals surface area contributed by atoms with Crippen LogP contribution in [0, 0.1) is 0 Å². The first kappa shape index (κ1) is 15.4. The maximum absolute atomic E-state index is 12.1. The van der Waals surface area contributed by atoms with Gasteiger partial charge in [-0.2, -0.15) is 0 Å². The Bertz CT molecular complexity index is 696. The van der Waals surface area contributed by atoms with Gasteiger partial charge in [0.2, 0.25) is 0 Å². The molecular weight excluding hydrogens is 280 g/mol. The monoisotopic (exact) mass is 298 g/mol. The van der Waals surface area contributed by atoms with Crippen molar-refractivity contribution < 1.29 is 15.0 Å². The summed E-state index contributed by atoms with van der Waals surface area (Å²) in [6, 6.07) is 13.6. The fourth-order valence-corrected chi connectivity index (χ4v) is 1.98. The molecular formula is C17H18N2O3. The molecule has 0 unspecified atom stereocenters. The number of hydrogen-bond donors (Lipinski definition) is 4. The quantitative estimate of drug-likeness (QED) is 0.514. The fourth-order valence-electron chi connectivity index (χ4n) is 1.98. The second-order valence-electron chi connectivity index (χ2n) is 4.95. The average Bonchev–Trinajstić information content (AvgIpc) is 2.51. The molecule has 5 nitrogen and oxygen atoms in total. The normalized spacial score (nSPS) is 12.7. The lowest BCUT2D eigenvalue weighted by Crippen LogP contribution is -2.30. The zero-order valence-corrected chi connectivity index (χ0v) is 12.2. The minimum Gasteiger partial charge on any atom is -0.504 e. The van der Waals surface area contributed by atoms with E-state index in [9.17, 15) is 15.0 Å². The van der Waals surface area contributed by atoms with Crippen LogP contribution in [0.15, 0.2) is 54.2 Å². The van der Waals surface area contributed by atoms with Gasteiger partial charge in [0.1, 0.15) is 0 Å². The number of amides is 1. The molecule has 0 spiro atoms. The summed E-state index contributed by atoms with van der Waals surface area (Å²) in [5.74, 6) is -0.888. The van der Waals surface area contributed by atoms with Crippen LogP contribution in [0.5, 0.6) is 11.5 Å². The highest BCUT2D eigenvalue weighted by Crippen LogP contribution is 2.25. The lowest BCUT2D eigenvalue weighted by atomic mass is 10.1. The van der Waals surface area contributed by atoms with Crippen LogP contribution in [-0.4, -0.2) is 16.1 Å². The van der Waals surface area contributed by atoms with E-state index in [2.05, 4.69) is 5.32 Å². The van der Waals surface area contributed by atoms with Crippen molar-refractivity contribution in [3.8, 4) is 11.5 Å². The molecule has 0 aliphatic rings. The van der Waals surface area contributed by atoms with Crippen molar-refractivity contribution in [3.63, 3.8) is 0 Å². The number of aromatic hydroxyl groups is 2. The molecule has 0 bridgehead atoms. The van der Waals surface area contributed by atoms with Crippen molar-refractivity contribution in [1.29, 1.82) is 0 Å². The zero-order valence-electron chi connectivity index (χ0n) is 12.2. The van der Waals surface area contributed by atoms with Gasteiger partial charge in [0.25, 0.3) is 5.91 Å². The summed E-state index contributed by atoms with van der Waals surface area (Å²) >= 11 is 0. The molecule has 2 rings (SSSR count). The molecule has 2 aromatic carbocycles. The molecule has 0 fully saturated rings. The maximum Gasteiger partial charge on any atom is 0.267 e. The fraction of sp³-hybridized carbons (Fsp3) is 0.118. The number of rotatable bonds is 4. The van der Waals surface area contributed by atoms with Gasteiger partial charge in [-0.05, 0) is 36.3 Å². The molecule has 0 saturated carbocycles. The minimum absolute atomic E-state index is 0.0212. The van der Waals surface area contributed by atoms with Gasteiger partial charge >= 0.3 is 0 Å². The summed E-state index contributed by atoms with van der Waals surface area (Å²) in [5.41, 5.74) is 7.29. The third kappa shape index (κ3) is 3.79. The Hall–Kier alpha value is -2.95. The first-order valence-electron chi connectivity index (χ1n) is 6.82. The lowest BCUT2D eigenvalue weighted by Gasteiger charge is -2.14. The number of nitrogens with one attached hydrogen (secondary N) is 1.